The summed E-state index contributed by atoms with van der Waals surface area (Å²) in [6.07, 6.45) is 1.75. The van der Waals surface area contributed by atoms with Crippen LogP contribution in [0.1, 0.15) is 50.5 Å². The summed E-state index contributed by atoms with van der Waals surface area (Å²) in [7, 11) is 0. The molecule has 3 aliphatic rings. The molecule has 3 aromatic rings. The van der Waals surface area contributed by atoms with Crippen molar-refractivity contribution in [3.8, 4) is 10.6 Å². The number of hydrogen-bond acceptors (Lipinski definition) is 8. The maximum Gasteiger partial charge on any atom is 0.410 e. The van der Waals surface area contributed by atoms with Crippen LogP contribution in [0.15, 0.2) is 24.3 Å². The molecule has 10 nitrogen and oxygen atoms in total. The average molecular weight is 612 g/mol. The second-order valence-electron chi connectivity index (χ2n) is 12.5. The van der Waals surface area contributed by atoms with E-state index in [9.17, 15) is 19.5 Å². The van der Waals surface area contributed by atoms with Crippen molar-refractivity contribution in [3.05, 3.63) is 34.7 Å². The van der Waals surface area contributed by atoms with E-state index >= 15 is 0 Å². The number of rotatable bonds is 6. The van der Waals surface area contributed by atoms with E-state index in [2.05, 4.69) is 10.6 Å². The molecule has 3 atom stereocenters. The highest BCUT2D eigenvalue weighted by atomic mass is 32.1. The van der Waals surface area contributed by atoms with Crippen LogP contribution in [0, 0.1) is 11.8 Å². The Morgan fingerprint density at radius 1 is 1.10 bits per heavy atom. The lowest BCUT2D eigenvalue weighted by molar-refractivity contribution is -0.116. The summed E-state index contributed by atoms with van der Waals surface area (Å²) >= 11 is 3.05. The van der Waals surface area contributed by atoms with Gasteiger partial charge >= 0.3 is 12.2 Å². The summed E-state index contributed by atoms with van der Waals surface area (Å²) in [5.74, 6) is 0.846. The fourth-order valence-corrected chi connectivity index (χ4v) is 8.77. The highest BCUT2D eigenvalue weighted by Gasteiger charge is 2.43. The summed E-state index contributed by atoms with van der Waals surface area (Å²) in [6.45, 7) is 8.44. The van der Waals surface area contributed by atoms with Crippen LogP contribution in [0.3, 0.4) is 0 Å². The normalized spacial score (nSPS) is 21.8. The highest BCUT2D eigenvalue weighted by Crippen LogP contribution is 2.46. The van der Waals surface area contributed by atoms with Crippen LogP contribution in [0.2, 0.25) is 0 Å². The summed E-state index contributed by atoms with van der Waals surface area (Å²) in [4.78, 5) is 46.3. The lowest BCUT2D eigenvalue weighted by Crippen LogP contribution is -2.37. The Morgan fingerprint density at radius 3 is 2.52 bits per heavy atom. The molecule has 2 aliphatic heterocycles. The average Bonchev–Trinajstić information content (AvgIpc) is 3.67. The monoisotopic (exact) mass is 611 g/mol. The number of anilines is 1. The van der Waals surface area contributed by atoms with Gasteiger partial charge < -0.3 is 30.3 Å². The molecule has 224 valence electrons. The van der Waals surface area contributed by atoms with Gasteiger partial charge in [0, 0.05) is 49.1 Å². The summed E-state index contributed by atoms with van der Waals surface area (Å²) < 4.78 is 6.62. The standard InChI is InChI=1S/C30H37N5O5S2/c1-30(2,3)40-29(39)35-14-17-12-19(13-18(17)15-35)31-10-8-24(36)33-27-25(26-32-21-6-4-5-7-22(21)41-26)20-9-11-34(28(37)38)16-23(20)42-27/h4-7,17-19,31H,8-16H2,1-3H3,(H,33,36)(H,37,38)/t17-,18+,19+. The molecule has 6 rings (SSSR count). The number of thiophene rings is 1. The van der Waals surface area contributed by atoms with Gasteiger partial charge in [-0.1, -0.05) is 12.1 Å². The number of carbonyl (C=O) groups excluding carboxylic acids is 2. The number of thiazole rings is 1. The van der Waals surface area contributed by atoms with Crippen molar-refractivity contribution in [3.63, 3.8) is 0 Å². The molecule has 42 heavy (non-hydrogen) atoms. The number of benzene rings is 1. The first-order valence-corrected chi connectivity index (χ1v) is 16.2. The molecule has 2 aromatic heterocycles. The highest BCUT2D eigenvalue weighted by molar-refractivity contribution is 7.22. The van der Waals surface area contributed by atoms with Gasteiger partial charge in [-0.25, -0.2) is 14.6 Å². The SMILES string of the molecule is CC(C)(C)OC(=O)N1C[C@H]2C[C@H](NCCC(=O)Nc3sc4c(c3-c3nc5ccccc5s3)CCN(C(=O)O)C4)C[C@H]2C1. The van der Waals surface area contributed by atoms with Crippen molar-refractivity contribution in [2.75, 3.05) is 31.5 Å². The zero-order valence-electron chi connectivity index (χ0n) is 24.1. The number of nitrogens with zero attached hydrogens (tertiary/aromatic N) is 3. The molecule has 0 radical (unpaired) electrons. The second kappa shape index (κ2) is 11.5. The number of carbonyl (C=O) groups is 3. The Morgan fingerprint density at radius 2 is 1.83 bits per heavy atom. The molecule has 1 aromatic carbocycles. The quantitative estimate of drug-likeness (QED) is 0.330. The van der Waals surface area contributed by atoms with Crippen LogP contribution in [-0.4, -0.2) is 75.8 Å². The molecule has 12 heteroatoms. The summed E-state index contributed by atoms with van der Waals surface area (Å²) in [6, 6.07) is 8.31. The molecule has 3 amide bonds. The van der Waals surface area contributed by atoms with Crippen molar-refractivity contribution in [1.29, 1.82) is 0 Å². The zero-order valence-corrected chi connectivity index (χ0v) is 25.8. The van der Waals surface area contributed by atoms with E-state index in [1.165, 1.54) is 16.2 Å². The fraction of sp³-hybridized carbons (Fsp3) is 0.533. The number of hydrogen-bond donors (Lipinski definition) is 3. The molecule has 1 saturated heterocycles. The van der Waals surface area contributed by atoms with Crippen LogP contribution >= 0.6 is 22.7 Å². The fourth-order valence-electron chi connectivity index (χ4n) is 6.38. The first-order valence-electron chi connectivity index (χ1n) is 14.5. The Hall–Kier alpha value is -3.22. The van der Waals surface area contributed by atoms with Crippen molar-refractivity contribution in [2.24, 2.45) is 11.8 Å². The summed E-state index contributed by atoms with van der Waals surface area (Å²) in [5.41, 5.74) is 2.44. The van der Waals surface area contributed by atoms with Crippen molar-refractivity contribution >= 4 is 56.0 Å². The van der Waals surface area contributed by atoms with E-state index in [0.717, 1.165) is 62.2 Å². The zero-order chi connectivity index (χ0) is 29.6. The Kier molecular flexibility index (Phi) is 7.88. The number of likely N-dealkylation sites (tertiary alicyclic amines) is 1. The number of amides is 3. The topological polar surface area (TPSA) is 124 Å². The largest absolute Gasteiger partial charge is 0.465 e. The van der Waals surface area contributed by atoms with Gasteiger partial charge in [-0.2, -0.15) is 0 Å². The van der Waals surface area contributed by atoms with E-state index in [1.54, 1.807) is 11.3 Å². The molecule has 1 saturated carbocycles. The third-order valence-corrected chi connectivity index (χ3v) is 10.5. The minimum Gasteiger partial charge on any atom is -0.465 e. The lowest BCUT2D eigenvalue weighted by Gasteiger charge is -2.25. The first-order chi connectivity index (χ1) is 20.0. The number of nitrogens with one attached hydrogen (secondary N) is 2. The third kappa shape index (κ3) is 6.11. The van der Waals surface area contributed by atoms with Gasteiger partial charge in [0.15, 0.2) is 0 Å². The van der Waals surface area contributed by atoms with Crippen molar-refractivity contribution in [1.82, 2.24) is 20.1 Å². The van der Waals surface area contributed by atoms with Gasteiger partial charge in [0.25, 0.3) is 0 Å². The van der Waals surface area contributed by atoms with E-state index in [1.807, 2.05) is 49.9 Å². The van der Waals surface area contributed by atoms with E-state index in [0.29, 0.717) is 50.4 Å². The molecule has 0 unspecified atom stereocenters. The molecular weight excluding hydrogens is 574 g/mol. The van der Waals surface area contributed by atoms with Crippen LogP contribution in [0.4, 0.5) is 14.6 Å². The van der Waals surface area contributed by atoms with E-state index in [4.69, 9.17) is 9.72 Å². The van der Waals surface area contributed by atoms with Gasteiger partial charge in [0.2, 0.25) is 5.91 Å². The molecule has 3 N–H and O–H groups in total. The minimum atomic E-state index is -0.930. The summed E-state index contributed by atoms with van der Waals surface area (Å²) in [5, 5.41) is 17.8. The van der Waals surface area contributed by atoms with Crippen LogP contribution in [0.5, 0.6) is 0 Å². The molecule has 2 fully saturated rings. The van der Waals surface area contributed by atoms with Gasteiger partial charge in [0.1, 0.15) is 15.6 Å². The molecule has 0 spiro atoms. The van der Waals surface area contributed by atoms with E-state index < -0.39 is 11.7 Å². The van der Waals surface area contributed by atoms with Crippen molar-refractivity contribution < 1.29 is 24.2 Å². The number of para-hydroxylation sites is 1. The van der Waals surface area contributed by atoms with E-state index in [-0.39, 0.29) is 12.0 Å². The van der Waals surface area contributed by atoms with Crippen LogP contribution in [-0.2, 0) is 22.5 Å². The predicted octanol–water partition coefficient (Wildman–Crippen LogP) is 5.62. The Bertz CT molecular complexity index is 1460. The molecule has 4 heterocycles. The van der Waals surface area contributed by atoms with Crippen molar-refractivity contribution in [2.45, 2.75) is 64.6 Å². The number of ether oxygens (including phenoxy) is 1. The number of carboxylic acid groups (broad SMARTS) is 1. The van der Waals surface area contributed by atoms with Crippen LogP contribution < -0.4 is 10.6 Å². The lowest BCUT2D eigenvalue weighted by atomic mass is 10.0. The smallest absolute Gasteiger partial charge is 0.410 e. The first kappa shape index (κ1) is 28.9. The predicted molar refractivity (Wildman–Crippen MR) is 164 cm³/mol. The molecule has 1 aliphatic carbocycles. The number of aromatic nitrogens is 1. The number of fused-ring (bicyclic) bond motifs is 3. The van der Waals surface area contributed by atoms with Gasteiger partial charge in [-0.3, -0.25) is 4.79 Å². The second-order valence-corrected chi connectivity index (χ2v) is 14.6. The van der Waals surface area contributed by atoms with Gasteiger partial charge in [-0.15, -0.1) is 22.7 Å². The third-order valence-electron chi connectivity index (χ3n) is 8.28. The minimum absolute atomic E-state index is 0.0761. The Balaban J connectivity index is 1.07. The van der Waals surface area contributed by atoms with Crippen LogP contribution in [0.25, 0.3) is 20.8 Å². The molecule has 0 bridgehead atoms. The Labute approximate surface area is 253 Å². The maximum atomic E-state index is 13.1. The molecular formula is C30H37N5O5S2. The van der Waals surface area contributed by atoms with Gasteiger partial charge in [-0.05, 0) is 69.6 Å². The van der Waals surface area contributed by atoms with Gasteiger partial charge in [0.05, 0.1) is 16.8 Å². The maximum absolute atomic E-state index is 13.1.